The lowest BCUT2D eigenvalue weighted by Crippen LogP contribution is -2.28. The van der Waals surface area contributed by atoms with Crippen LogP contribution >= 0.6 is 35.6 Å². The second kappa shape index (κ2) is 7.03. The number of nitrogens with two attached hydrogens (primary N) is 1. The molecule has 18 heavy (non-hydrogen) atoms. The van der Waals surface area contributed by atoms with Gasteiger partial charge >= 0.3 is 0 Å². The zero-order valence-corrected chi connectivity index (χ0v) is 12.9. The minimum atomic E-state index is -0.123. The van der Waals surface area contributed by atoms with Crippen molar-refractivity contribution in [2.24, 2.45) is 16.1 Å². The molecule has 0 bridgehead atoms. The second-order valence-electron chi connectivity index (χ2n) is 4.75. The van der Waals surface area contributed by atoms with Crippen LogP contribution in [0.25, 0.3) is 6.08 Å². The van der Waals surface area contributed by atoms with Crippen molar-refractivity contribution in [1.29, 1.82) is 0 Å². The van der Waals surface area contributed by atoms with Crippen LogP contribution in [-0.2, 0) is 0 Å². The quantitative estimate of drug-likeness (QED) is 0.619. The highest BCUT2D eigenvalue weighted by Gasteiger charge is 2.14. The van der Waals surface area contributed by atoms with Crippen molar-refractivity contribution in [2.75, 3.05) is 0 Å². The van der Waals surface area contributed by atoms with E-state index in [4.69, 9.17) is 28.9 Å². The molecule has 0 atom stereocenters. The number of nitrogens with zero attached hydrogens (tertiary/aromatic N) is 1. The Kier molecular flexibility index (Phi) is 6.76. The van der Waals surface area contributed by atoms with E-state index in [2.05, 4.69) is 4.99 Å². The fourth-order valence-corrected chi connectivity index (χ4v) is 1.32. The zero-order valence-electron chi connectivity index (χ0n) is 10.6. The molecule has 0 amide bonds. The molecule has 2 N–H and O–H groups in total. The van der Waals surface area contributed by atoms with E-state index in [-0.39, 0.29) is 17.8 Å². The van der Waals surface area contributed by atoms with E-state index >= 15 is 0 Å². The van der Waals surface area contributed by atoms with Gasteiger partial charge in [0.1, 0.15) is 5.84 Å². The zero-order chi connectivity index (χ0) is 13.1. The fraction of sp³-hybridized carbons (Fsp3) is 0.308. The van der Waals surface area contributed by atoms with E-state index in [0.717, 1.165) is 5.56 Å². The lowest BCUT2D eigenvalue weighted by Gasteiger charge is -2.16. The van der Waals surface area contributed by atoms with E-state index < -0.39 is 0 Å². The molecule has 0 aliphatic heterocycles. The SMILES string of the molecule is CC(C)(C)C(N)=N/C=C/c1ccc(Cl)c(Cl)c1.Cl. The van der Waals surface area contributed by atoms with Gasteiger partial charge in [0.05, 0.1) is 10.0 Å². The third kappa shape index (κ3) is 5.30. The van der Waals surface area contributed by atoms with E-state index in [9.17, 15) is 0 Å². The Morgan fingerprint density at radius 1 is 1.22 bits per heavy atom. The average molecular weight is 308 g/mol. The molecule has 0 aliphatic rings. The van der Waals surface area contributed by atoms with Gasteiger partial charge in [-0.2, -0.15) is 0 Å². The summed E-state index contributed by atoms with van der Waals surface area (Å²) in [5.74, 6) is 0.591. The average Bonchev–Trinajstić information content (AvgIpc) is 2.22. The predicted molar refractivity (Wildman–Crippen MR) is 83.8 cm³/mol. The van der Waals surface area contributed by atoms with Crippen molar-refractivity contribution < 1.29 is 0 Å². The van der Waals surface area contributed by atoms with E-state index in [0.29, 0.717) is 15.9 Å². The van der Waals surface area contributed by atoms with Crippen LogP contribution in [0.1, 0.15) is 26.3 Å². The lowest BCUT2D eigenvalue weighted by molar-refractivity contribution is 0.585. The van der Waals surface area contributed by atoms with Crippen LogP contribution in [0.5, 0.6) is 0 Å². The molecule has 0 saturated carbocycles. The molecule has 1 aromatic rings. The molecule has 0 fully saturated rings. The lowest BCUT2D eigenvalue weighted by atomic mass is 9.95. The highest BCUT2D eigenvalue weighted by Crippen LogP contribution is 2.23. The molecule has 0 aliphatic carbocycles. The summed E-state index contributed by atoms with van der Waals surface area (Å²) in [4.78, 5) is 4.18. The van der Waals surface area contributed by atoms with Crippen molar-refractivity contribution in [3.63, 3.8) is 0 Å². The summed E-state index contributed by atoms with van der Waals surface area (Å²) in [5, 5.41) is 1.07. The van der Waals surface area contributed by atoms with Crippen LogP contribution in [-0.4, -0.2) is 5.84 Å². The van der Waals surface area contributed by atoms with Crippen LogP contribution < -0.4 is 5.73 Å². The van der Waals surface area contributed by atoms with Gasteiger partial charge < -0.3 is 5.73 Å². The van der Waals surface area contributed by atoms with Gasteiger partial charge in [-0.1, -0.05) is 50.0 Å². The largest absolute Gasteiger partial charge is 0.387 e. The molecule has 0 saturated heterocycles. The van der Waals surface area contributed by atoms with Gasteiger partial charge in [-0.15, -0.1) is 12.4 Å². The van der Waals surface area contributed by atoms with Gasteiger partial charge in [-0.05, 0) is 23.8 Å². The van der Waals surface area contributed by atoms with Gasteiger partial charge in [-0.25, -0.2) is 4.99 Å². The topological polar surface area (TPSA) is 38.4 Å². The van der Waals surface area contributed by atoms with Crippen molar-refractivity contribution in [3.05, 3.63) is 40.0 Å². The summed E-state index contributed by atoms with van der Waals surface area (Å²) >= 11 is 11.7. The third-order valence-corrected chi connectivity index (χ3v) is 2.93. The number of hydrogen-bond acceptors (Lipinski definition) is 1. The van der Waals surface area contributed by atoms with Crippen LogP contribution in [0.4, 0.5) is 0 Å². The third-order valence-electron chi connectivity index (χ3n) is 2.19. The first kappa shape index (κ1) is 17.3. The summed E-state index contributed by atoms with van der Waals surface area (Å²) < 4.78 is 0. The van der Waals surface area contributed by atoms with Crippen LogP contribution in [0.2, 0.25) is 10.0 Å². The Balaban J connectivity index is 0.00000289. The maximum absolute atomic E-state index is 5.90. The Labute approximate surface area is 124 Å². The fourth-order valence-electron chi connectivity index (χ4n) is 1.01. The van der Waals surface area contributed by atoms with Crippen LogP contribution in [0.15, 0.2) is 29.4 Å². The minimum absolute atomic E-state index is 0. The van der Waals surface area contributed by atoms with Crippen LogP contribution in [0.3, 0.4) is 0 Å². The Hall–Kier alpha value is -0.700. The number of aliphatic imine (C=N–C) groups is 1. The molecule has 0 heterocycles. The maximum Gasteiger partial charge on any atom is 0.104 e. The van der Waals surface area contributed by atoms with Crippen molar-refractivity contribution in [3.8, 4) is 0 Å². The second-order valence-corrected chi connectivity index (χ2v) is 5.57. The molecular formula is C13H17Cl3N2. The minimum Gasteiger partial charge on any atom is -0.387 e. The first-order chi connectivity index (χ1) is 7.80. The summed E-state index contributed by atoms with van der Waals surface area (Å²) in [7, 11) is 0. The van der Waals surface area contributed by atoms with Crippen LogP contribution in [0, 0.1) is 5.41 Å². The highest BCUT2D eigenvalue weighted by molar-refractivity contribution is 6.42. The number of halogens is 3. The predicted octanol–water partition coefficient (Wildman–Crippen LogP) is 4.79. The number of hydrogen-bond donors (Lipinski definition) is 1. The molecule has 1 aromatic carbocycles. The maximum atomic E-state index is 5.90. The first-order valence-corrected chi connectivity index (χ1v) is 6.01. The molecule has 5 heteroatoms. The standard InChI is InChI=1S/C13H16Cl2N2.ClH/c1-13(2,3)12(16)17-7-6-9-4-5-10(14)11(15)8-9;/h4-8H,1-3H3,(H2,16,17);1H/b7-6+;. The van der Waals surface area contributed by atoms with Gasteiger partial charge in [0.25, 0.3) is 0 Å². The number of rotatable bonds is 2. The van der Waals surface area contributed by atoms with Crippen molar-refractivity contribution >= 4 is 47.5 Å². The molecule has 0 radical (unpaired) electrons. The number of amidine groups is 1. The Morgan fingerprint density at radius 2 is 1.83 bits per heavy atom. The molecule has 0 spiro atoms. The van der Waals surface area contributed by atoms with Crippen molar-refractivity contribution in [2.45, 2.75) is 20.8 Å². The normalized spacial score (nSPS) is 12.6. The molecule has 2 nitrogen and oxygen atoms in total. The van der Waals surface area contributed by atoms with Crippen molar-refractivity contribution in [1.82, 2.24) is 0 Å². The smallest absolute Gasteiger partial charge is 0.104 e. The summed E-state index contributed by atoms with van der Waals surface area (Å²) in [6.07, 6.45) is 3.50. The van der Waals surface area contributed by atoms with Gasteiger partial charge in [0, 0.05) is 11.6 Å². The summed E-state index contributed by atoms with van der Waals surface area (Å²) in [6, 6.07) is 5.40. The molecule has 100 valence electrons. The van der Waals surface area contributed by atoms with E-state index in [1.54, 1.807) is 18.3 Å². The van der Waals surface area contributed by atoms with Gasteiger partial charge in [-0.3, -0.25) is 0 Å². The highest BCUT2D eigenvalue weighted by atomic mass is 35.5. The van der Waals surface area contributed by atoms with E-state index in [1.807, 2.05) is 32.9 Å². The molecule has 1 rings (SSSR count). The molecule has 0 aromatic heterocycles. The summed E-state index contributed by atoms with van der Waals surface area (Å²) in [6.45, 7) is 6.04. The van der Waals surface area contributed by atoms with E-state index in [1.165, 1.54) is 0 Å². The van der Waals surface area contributed by atoms with Gasteiger partial charge in [0.2, 0.25) is 0 Å². The van der Waals surface area contributed by atoms with Gasteiger partial charge in [0.15, 0.2) is 0 Å². The monoisotopic (exact) mass is 306 g/mol. The molecular weight excluding hydrogens is 291 g/mol. The summed E-state index contributed by atoms with van der Waals surface area (Å²) in [5.41, 5.74) is 6.63. The Morgan fingerprint density at radius 3 is 2.33 bits per heavy atom. The first-order valence-electron chi connectivity index (χ1n) is 5.26. The number of benzene rings is 1. The molecule has 0 unspecified atom stereocenters. The Bertz CT molecular complexity index is 460.